The molecule has 2 aliphatic rings. The fourth-order valence-corrected chi connectivity index (χ4v) is 8.19. The summed E-state index contributed by atoms with van der Waals surface area (Å²) in [6.07, 6.45) is 7.85. The average molecular weight is 570 g/mol. The molecule has 1 aromatic heterocycles. The minimum absolute atomic E-state index is 0.457. The topological polar surface area (TPSA) is 16.4 Å². The highest BCUT2D eigenvalue weighted by Gasteiger charge is 2.32. The Morgan fingerprint density at radius 3 is 2.23 bits per heavy atom. The fraction of sp³-hybridized carbons (Fsp3) is 0.0500. The van der Waals surface area contributed by atoms with E-state index in [0.29, 0.717) is 5.25 Å². The van der Waals surface area contributed by atoms with Crippen molar-refractivity contribution >= 4 is 67.1 Å². The number of para-hydroxylation sites is 1. The van der Waals surface area contributed by atoms with Gasteiger partial charge in [-0.05, 0) is 58.3 Å². The number of hydrogen-bond acceptors (Lipinski definition) is 3. The van der Waals surface area contributed by atoms with Gasteiger partial charge in [-0.25, -0.2) is 0 Å². The zero-order valence-electron chi connectivity index (χ0n) is 23.4. The Balaban J connectivity index is 1.32. The van der Waals surface area contributed by atoms with Crippen LogP contribution in [0.3, 0.4) is 0 Å². The van der Waals surface area contributed by atoms with Crippen molar-refractivity contribution in [1.82, 2.24) is 0 Å². The number of allylic oxidation sites excluding steroid dienone is 3. The van der Waals surface area contributed by atoms with Gasteiger partial charge in [0.05, 0.1) is 11.4 Å². The van der Waals surface area contributed by atoms with E-state index in [1.54, 1.807) is 0 Å². The quantitative estimate of drug-likeness (QED) is 0.210. The molecule has 0 spiro atoms. The van der Waals surface area contributed by atoms with Gasteiger partial charge >= 0.3 is 0 Å². The minimum Gasteiger partial charge on any atom is -0.456 e. The van der Waals surface area contributed by atoms with Gasteiger partial charge in [0, 0.05) is 38.1 Å². The maximum atomic E-state index is 6.52. The summed E-state index contributed by atoms with van der Waals surface area (Å²) in [6, 6.07) is 45.7. The molecule has 0 saturated heterocycles. The largest absolute Gasteiger partial charge is 0.456 e. The highest BCUT2D eigenvalue weighted by molar-refractivity contribution is 8.01. The van der Waals surface area contributed by atoms with Crippen molar-refractivity contribution < 1.29 is 4.42 Å². The van der Waals surface area contributed by atoms with Gasteiger partial charge in [0.25, 0.3) is 0 Å². The fourth-order valence-electron chi connectivity index (χ4n) is 6.77. The summed E-state index contributed by atoms with van der Waals surface area (Å²) in [7, 11) is 0. The lowest BCUT2D eigenvalue weighted by Gasteiger charge is -2.29. The lowest BCUT2D eigenvalue weighted by molar-refractivity contribution is 0.669. The molecule has 1 atom stereocenters. The highest BCUT2D eigenvalue weighted by Crippen LogP contribution is 2.54. The molecule has 1 aliphatic heterocycles. The van der Waals surface area contributed by atoms with Crippen LogP contribution in [0.1, 0.15) is 12.0 Å². The first-order valence-corrected chi connectivity index (χ1v) is 15.7. The standard InChI is InChI=1S/C40H27NOS/c1-2-11-26(12-3-1)27-21-23-28(24-22-27)41(34-18-10-17-32-30-14-7-9-20-38(30)43-40(32)34)35-25-37-39(31-15-5-4-13-29(31)35)33-16-6-8-19-36(33)42-37/h1-19,21-25,38H,20H2. The van der Waals surface area contributed by atoms with E-state index in [2.05, 4.69) is 144 Å². The number of fused-ring (bicyclic) bond motifs is 8. The van der Waals surface area contributed by atoms with Crippen LogP contribution in [-0.4, -0.2) is 5.25 Å². The molecule has 0 radical (unpaired) electrons. The Bertz CT molecular complexity index is 2240. The molecule has 0 N–H and O–H groups in total. The van der Waals surface area contributed by atoms with Crippen LogP contribution < -0.4 is 4.90 Å². The Morgan fingerprint density at radius 1 is 0.628 bits per heavy atom. The maximum absolute atomic E-state index is 6.52. The monoisotopic (exact) mass is 569 g/mol. The third kappa shape index (κ3) is 3.89. The lowest BCUT2D eigenvalue weighted by Crippen LogP contribution is -2.12. The van der Waals surface area contributed by atoms with E-state index >= 15 is 0 Å². The number of benzene rings is 6. The summed E-state index contributed by atoms with van der Waals surface area (Å²) in [5.41, 5.74) is 10.5. The summed E-state index contributed by atoms with van der Waals surface area (Å²) in [5.74, 6) is 0. The molecule has 43 heavy (non-hydrogen) atoms. The lowest BCUT2D eigenvalue weighted by atomic mass is 9.96. The van der Waals surface area contributed by atoms with Crippen molar-refractivity contribution in [3.63, 3.8) is 0 Å². The molecular formula is C40H27NOS. The summed E-state index contributed by atoms with van der Waals surface area (Å²) >= 11 is 1.99. The average Bonchev–Trinajstić information content (AvgIpc) is 3.65. The van der Waals surface area contributed by atoms with Gasteiger partial charge in [-0.3, -0.25) is 0 Å². The number of anilines is 3. The van der Waals surface area contributed by atoms with Gasteiger partial charge in [-0.1, -0.05) is 115 Å². The molecule has 7 aromatic rings. The van der Waals surface area contributed by atoms with Gasteiger partial charge in [-0.15, -0.1) is 11.8 Å². The molecule has 2 nitrogen and oxygen atoms in total. The first-order valence-electron chi connectivity index (χ1n) is 14.8. The first-order chi connectivity index (χ1) is 21.3. The van der Waals surface area contributed by atoms with Crippen LogP contribution in [0.25, 0.3) is 49.4 Å². The molecule has 6 aromatic carbocycles. The molecule has 0 fully saturated rings. The third-order valence-electron chi connectivity index (χ3n) is 8.75. The number of rotatable bonds is 4. The SMILES string of the molecule is C1=CCC2Sc3c(cccc3N(c3ccc(-c4ccccc4)cc3)c3cc4oc5ccccc5c4c4ccccc34)C2=C1. The molecule has 0 saturated carbocycles. The molecule has 0 amide bonds. The molecule has 3 heteroatoms. The molecular weight excluding hydrogens is 543 g/mol. The molecule has 1 unspecified atom stereocenters. The van der Waals surface area contributed by atoms with Crippen LogP contribution in [0.15, 0.2) is 155 Å². The predicted molar refractivity (Wildman–Crippen MR) is 183 cm³/mol. The van der Waals surface area contributed by atoms with Gasteiger partial charge in [0.2, 0.25) is 0 Å². The van der Waals surface area contributed by atoms with Crippen molar-refractivity contribution in [3.05, 3.63) is 151 Å². The van der Waals surface area contributed by atoms with E-state index in [1.807, 2.05) is 17.8 Å². The smallest absolute Gasteiger partial charge is 0.138 e. The van der Waals surface area contributed by atoms with Gasteiger partial charge < -0.3 is 9.32 Å². The second-order valence-corrected chi connectivity index (χ2v) is 12.4. The molecule has 1 aliphatic carbocycles. The van der Waals surface area contributed by atoms with Crippen molar-refractivity contribution in [2.45, 2.75) is 16.6 Å². The van der Waals surface area contributed by atoms with E-state index in [9.17, 15) is 0 Å². The van der Waals surface area contributed by atoms with E-state index in [4.69, 9.17) is 4.42 Å². The van der Waals surface area contributed by atoms with Gasteiger partial charge in [0.1, 0.15) is 11.2 Å². The van der Waals surface area contributed by atoms with Gasteiger partial charge in [-0.2, -0.15) is 0 Å². The summed E-state index contributed by atoms with van der Waals surface area (Å²) in [6.45, 7) is 0. The Morgan fingerprint density at radius 2 is 1.37 bits per heavy atom. The summed E-state index contributed by atoms with van der Waals surface area (Å²) < 4.78 is 6.52. The van der Waals surface area contributed by atoms with E-state index in [0.717, 1.165) is 34.3 Å². The van der Waals surface area contributed by atoms with Crippen LogP contribution in [-0.2, 0) is 0 Å². The second-order valence-electron chi connectivity index (χ2n) is 11.2. The Labute approximate surface area is 254 Å². The molecule has 204 valence electrons. The second kappa shape index (κ2) is 9.79. The third-order valence-corrected chi connectivity index (χ3v) is 10.1. The van der Waals surface area contributed by atoms with Crippen molar-refractivity contribution in [2.75, 3.05) is 4.90 Å². The Kier molecular flexibility index (Phi) is 5.60. The molecule has 2 heterocycles. The van der Waals surface area contributed by atoms with Crippen LogP contribution in [0.4, 0.5) is 17.1 Å². The Hall–Kier alpha value is -4.99. The van der Waals surface area contributed by atoms with Gasteiger partial charge in [0.15, 0.2) is 0 Å². The molecule has 9 rings (SSSR count). The van der Waals surface area contributed by atoms with E-state index in [1.165, 1.54) is 49.0 Å². The zero-order valence-corrected chi connectivity index (χ0v) is 24.2. The number of furan rings is 1. The van der Waals surface area contributed by atoms with E-state index < -0.39 is 0 Å². The summed E-state index contributed by atoms with van der Waals surface area (Å²) in [5, 5.41) is 5.18. The van der Waals surface area contributed by atoms with Crippen LogP contribution >= 0.6 is 11.8 Å². The van der Waals surface area contributed by atoms with Crippen LogP contribution in [0, 0.1) is 0 Å². The minimum atomic E-state index is 0.457. The number of hydrogen-bond donors (Lipinski definition) is 0. The maximum Gasteiger partial charge on any atom is 0.138 e. The van der Waals surface area contributed by atoms with Crippen molar-refractivity contribution in [3.8, 4) is 11.1 Å². The van der Waals surface area contributed by atoms with Crippen LogP contribution in [0.2, 0.25) is 0 Å². The summed E-state index contributed by atoms with van der Waals surface area (Å²) in [4.78, 5) is 3.78. The van der Waals surface area contributed by atoms with Crippen molar-refractivity contribution in [2.24, 2.45) is 0 Å². The predicted octanol–water partition coefficient (Wildman–Crippen LogP) is 11.7. The zero-order chi connectivity index (χ0) is 28.3. The number of nitrogens with zero attached hydrogens (tertiary/aromatic N) is 1. The molecule has 0 bridgehead atoms. The number of thioether (sulfide) groups is 1. The highest BCUT2D eigenvalue weighted by atomic mass is 32.2. The first kappa shape index (κ1) is 24.6. The van der Waals surface area contributed by atoms with Crippen molar-refractivity contribution in [1.29, 1.82) is 0 Å². The normalized spacial score (nSPS) is 15.5. The van der Waals surface area contributed by atoms with E-state index in [-0.39, 0.29) is 0 Å². The van der Waals surface area contributed by atoms with Crippen LogP contribution in [0.5, 0.6) is 0 Å².